The van der Waals surface area contributed by atoms with Gasteiger partial charge in [0.1, 0.15) is 0 Å². The van der Waals surface area contributed by atoms with E-state index in [0.29, 0.717) is 18.3 Å². The summed E-state index contributed by atoms with van der Waals surface area (Å²) >= 11 is 5.88. The van der Waals surface area contributed by atoms with Gasteiger partial charge in [-0.2, -0.15) is 10.1 Å². The lowest BCUT2D eigenvalue weighted by atomic mass is 10.1. The van der Waals surface area contributed by atoms with Crippen molar-refractivity contribution in [2.45, 2.75) is 13.0 Å². The fourth-order valence-electron chi connectivity index (χ4n) is 2.22. The van der Waals surface area contributed by atoms with Gasteiger partial charge in [-0.05, 0) is 29.7 Å². The number of nitrogens with one attached hydrogen (secondary N) is 2. The second kappa shape index (κ2) is 8.26. The Bertz CT molecular complexity index is 762. The number of nitrogens with zero attached hydrogens (tertiary/aromatic N) is 3. The van der Waals surface area contributed by atoms with Crippen molar-refractivity contribution in [3.8, 4) is 0 Å². The highest BCUT2D eigenvalue weighted by molar-refractivity contribution is 6.30. The van der Waals surface area contributed by atoms with E-state index in [-0.39, 0.29) is 0 Å². The standard InChI is InChI=1S/C18H18ClN5/c19-16-8-6-15(7-9-16)12-21-17-13-22-24-18(23-17)20-11-10-14-4-2-1-3-5-14/h1-9,13H,10-12H2,(H2,20,21,23,24). The summed E-state index contributed by atoms with van der Waals surface area (Å²) < 4.78 is 0. The molecule has 1 heterocycles. The average molecular weight is 340 g/mol. The molecule has 0 aliphatic carbocycles. The Morgan fingerprint density at radius 3 is 2.46 bits per heavy atom. The van der Waals surface area contributed by atoms with Gasteiger partial charge >= 0.3 is 0 Å². The molecule has 0 fully saturated rings. The van der Waals surface area contributed by atoms with Crippen LogP contribution in [0.25, 0.3) is 0 Å². The molecule has 0 aliphatic heterocycles. The topological polar surface area (TPSA) is 62.7 Å². The molecule has 0 saturated carbocycles. The van der Waals surface area contributed by atoms with Crippen LogP contribution in [-0.2, 0) is 13.0 Å². The van der Waals surface area contributed by atoms with Gasteiger partial charge in [0.2, 0.25) is 5.95 Å². The number of benzene rings is 2. The highest BCUT2D eigenvalue weighted by atomic mass is 35.5. The number of halogens is 1. The van der Waals surface area contributed by atoms with Gasteiger partial charge in [-0.3, -0.25) is 0 Å². The third-order valence-electron chi connectivity index (χ3n) is 3.49. The third kappa shape index (κ3) is 4.93. The predicted octanol–water partition coefficient (Wildman–Crippen LogP) is 3.79. The Hall–Kier alpha value is -2.66. The molecule has 0 bridgehead atoms. The molecule has 0 aliphatic rings. The fraction of sp³-hybridized carbons (Fsp3) is 0.167. The molecule has 0 amide bonds. The summed E-state index contributed by atoms with van der Waals surface area (Å²) in [6.07, 6.45) is 2.52. The van der Waals surface area contributed by atoms with E-state index in [2.05, 4.69) is 37.9 Å². The van der Waals surface area contributed by atoms with Gasteiger partial charge in [-0.1, -0.05) is 54.1 Å². The number of hydrogen-bond donors (Lipinski definition) is 2. The van der Waals surface area contributed by atoms with Crippen molar-refractivity contribution in [3.05, 3.63) is 76.9 Å². The lowest BCUT2D eigenvalue weighted by Crippen LogP contribution is -2.10. The van der Waals surface area contributed by atoms with Crippen LogP contribution >= 0.6 is 11.6 Å². The molecule has 3 aromatic rings. The molecule has 0 spiro atoms. The minimum absolute atomic E-state index is 0.520. The Morgan fingerprint density at radius 1 is 0.875 bits per heavy atom. The Morgan fingerprint density at radius 2 is 1.67 bits per heavy atom. The van der Waals surface area contributed by atoms with Crippen LogP contribution in [0.5, 0.6) is 0 Å². The zero-order valence-electron chi connectivity index (χ0n) is 13.1. The van der Waals surface area contributed by atoms with Crippen molar-refractivity contribution in [2.75, 3.05) is 17.2 Å². The summed E-state index contributed by atoms with van der Waals surface area (Å²) in [4.78, 5) is 4.41. The number of rotatable bonds is 7. The van der Waals surface area contributed by atoms with E-state index in [1.807, 2.05) is 42.5 Å². The van der Waals surface area contributed by atoms with Crippen LogP contribution in [0.4, 0.5) is 11.8 Å². The lowest BCUT2D eigenvalue weighted by molar-refractivity contribution is 0.921. The first-order valence-electron chi connectivity index (χ1n) is 7.75. The summed E-state index contributed by atoms with van der Waals surface area (Å²) in [6, 6.07) is 18.0. The maximum absolute atomic E-state index is 5.88. The van der Waals surface area contributed by atoms with Crippen molar-refractivity contribution in [2.24, 2.45) is 0 Å². The van der Waals surface area contributed by atoms with Crippen LogP contribution in [0.2, 0.25) is 5.02 Å². The van der Waals surface area contributed by atoms with Gasteiger partial charge in [0, 0.05) is 18.1 Å². The zero-order chi connectivity index (χ0) is 16.6. The van der Waals surface area contributed by atoms with Crippen molar-refractivity contribution < 1.29 is 0 Å². The molecule has 1 aromatic heterocycles. The van der Waals surface area contributed by atoms with E-state index in [0.717, 1.165) is 23.6 Å². The van der Waals surface area contributed by atoms with Crippen molar-refractivity contribution in [3.63, 3.8) is 0 Å². The molecule has 6 heteroatoms. The monoisotopic (exact) mass is 339 g/mol. The molecule has 122 valence electrons. The van der Waals surface area contributed by atoms with Crippen LogP contribution in [0.15, 0.2) is 60.8 Å². The normalized spacial score (nSPS) is 10.4. The number of hydrogen-bond acceptors (Lipinski definition) is 5. The summed E-state index contributed by atoms with van der Waals surface area (Å²) in [7, 11) is 0. The minimum atomic E-state index is 0.520. The fourth-order valence-corrected chi connectivity index (χ4v) is 2.35. The Kier molecular flexibility index (Phi) is 5.58. The van der Waals surface area contributed by atoms with Crippen molar-refractivity contribution in [1.82, 2.24) is 15.2 Å². The summed E-state index contributed by atoms with van der Waals surface area (Å²) in [6.45, 7) is 1.41. The Labute approximate surface area is 146 Å². The third-order valence-corrected chi connectivity index (χ3v) is 3.74. The smallest absolute Gasteiger partial charge is 0.244 e. The van der Waals surface area contributed by atoms with E-state index >= 15 is 0 Å². The first-order chi connectivity index (χ1) is 11.8. The first kappa shape index (κ1) is 16.2. The van der Waals surface area contributed by atoms with Gasteiger partial charge in [-0.25, -0.2) is 0 Å². The average Bonchev–Trinajstić information content (AvgIpc) is 2.63. The highest BCUT2D eigenvalue weighted by Crippen LogP contribution is 2.11. The first-order valence-corrected chi connectivity index (χ1v) is 8.13. The molecule has 0 unspecified atom stereocenters. The molecule has 0 radical (unpaired) electrons. The highest BCUT2D eigenvalue weighted by Gasteiger charge is 2.01. The SMILES string of the molecule is Clc1ccc(CNc2cnnc(NCCc3ccccc3)n2)cc1. The second-order valence-corrected chi connectivity index (χ2v) is 5.74. The van der Waals surface area contributed by atoms with Crippen LogP contribution in [0.1, 0.15) is 11.1 Å². The maximum Gasteiger partial charge on any atom is 0.244 e. The summed E-state index contributed by atoms with van der Waals surface area (Å²) in [5.74, 6) is 1.20. The van der Waals surface area contributed by atoms with Crippen LogP contribution in [0.3, 0.4) is 0 Å². The van der Waals surface area contributed by atoms with Crippen LogP contribution < -0.4 is 10.6 Å². The van der Waals surface area contributed by atoms with Crippen molar-refractivity contribution >= 4 is 23.4 Å². The van der Waals surface area contributed by atoms with Crippen LogP contribution in [0, 0.1) is 0 Å². The molecular formula is C18H18ClN5. The Balaban J connectivity index is 1.51. The molecule has 2 aromatic carbocycles. The predicted molar refractivity (Wildman–Crippen MR) is 97.2 cm³/mol. The molecule has 24 heavy (non-hydrogen) atoms. The van der Waals surface area contributed by atoms with E-state index in [9.17, 15) is 0 Å². The van der Waals surface area contributed by atoms with E-state index in [1.165, 1.54) is 5.56 Å². The quantitative estimate of drug-likeness (QED) is 0.685. The molecule has 0 atom stereocenters. The zero-order valence-corrected chi connectivity index (χ0v) is 13.9. The number of anilines is 2. The summed E-state index contributed by atoms with van der Waals surface area (Å²) in [5, 5.41) is 15.1. The lowest BCUT2D eigenvalue weighted by Gasteiger charge is -2.08. The van der Waals surface area contributed by atoms with Gasteiger partial charge < -0.3 is 10.6 Å². The largest absolute Gasteiger partial charge is 0.365 e. The van der Waals surface area contributed by atoms with Gasteiger partial charge in [-0.15, -0.1) is 5.10 Å². The van der Waals surface area contributed by atoms with E-state index < -0.39 is 0 Å². The summed E-state index contributed by atoms with van der Waals surface area (Å²) in [5.41, 5.74) is 2.39. The molecule has 2 N–H and O–H groups in total. The molecule has 3 rings (SSSR count). The second-order valence-electron chi connectivity index (χ2n) is 5.31. The molecule has 0 saturated heterocycles. The van der Waals surface area contributed by atoms with Crippen molar-refractivity contribution in [1.29, 1.82) is 0 Å². The van der Waals surface area contributed by atoms with Gasteiger partial charge in [0.25, 0.3) is 0 Å². The maximum atomic E-state index is 5.88. The van der Waals surface area contributed by atoms with E-state index in [4.69, 9.17) is 11.6 Å². The minimum Gasteiger partial charge on any atom is -0.365 e. The van der Waals surface area contributed by atoms with Crippen LogP contribution in [-0.4, -0.2) is 21.7 Å². The molecule has 5 nitrogen and oxygen atoms in total. The van der Waals surface area contributed by atoms with Gasteiger partial charge in [0.05, 0.1) is 6.20 Å². The number of aromatic nitrogens is 3. The molecular weight excluding hydrogens is 322 g/mol. The van der Waals surface area contributed by atoms with Gasteiger partial charge in [0.15, 0.2) is 5.82 Å². The van der Waals surface area contributed by atoms with E-state index in [1.54, 1.807) is 6.20 Å².